The van der Waals surface area contributed by atoms with Crippen LogP contribution >= 0.6 is 11.6 Å². The number of aryl methyl sites for hydroxylation is 1. The summed E-state index contributed by atoms with van der Waals surface area (Å²) in [5.74, 6) is 0.546. The van der Waals surface area contributed by atoms with Crippen molar-refractivity contribution in [1.29, 1.82) is 0 Å². The molecule has 0 unspecified atom stereocenters. The van der Waals surface area contributed by atoms with Gasteiger partial charge in [-0.3, -0.25) is 4.79 Å². The molecule has 1 N–H and O–H groups in total. The maximum Gasteiger partial charge on any atom is 0.271 e. The fourth-order valence-corrected chi connectivity index (χ4v) is 2.46. The molecule has 4 nitrogen and oxygen atoms in total. The molecule has 0 spiro atoms. The maximum atomic E-state index is 12.1. The Bertz CT molecular complexity index is 918. The largest absolute Gasteiger partial charge is 0.489 e. The molecule has 0 aliphatic carbocycles. The van der Waals surface area contributed by atoms with Crippen LogP contribution in [0.5, 0.6) is 5.75 Å². The third kappa shape index (κ3) is 5.69. The van der Waals surface area contributed by atoms with Crippen molar-refractivity contribution in [3.05, 3.63) is 100 Å². The summed E-state index contributed by atoms with van der Waals surface area (Å²) in [6.07, 6.45) is 1.57. The van der Waals surface area contributed by atoms with Crippen molar-refractivity contribution in [2.45, 2.75) is 13.5 Å². The fourth-order valence-electron chi connectivity index (χ4n) is 2.33. The molecule has 0 aliphatic rings. The van der Waals surface area contributed by atoms with Gasteiger partial charge in [0.1, 0.15) is 12.4 Å². The van der Waals surface area contributed by atoms with E-state index in [1.165, 1.54) is 5.56 Å². The Morgan fingerprint density at radius 2 is 1.67 bits per heavy atom. The van der Waals surface area contributed by atoms with Crippen molar-refractivity contribution in [2.75, 3.05) is 0 Å². The van der Waals surface area contributed by atoms with Gasteiger partial charge in [-0.15, -0.1) is 0 Å². The first-order valence-corrected chi connectivity index (χ1v) is 8.85. The number of halogens is 1. The van der Waals surface area contributed by atoms with Gasteiger partial charge in [-0.25, -0.2) is 5.43 Å². The Hall–Kier alpha value is -3.11. The van der Waals surface area contributed by atoms with E-state index in [1.807, 2.05) is 55.5 Å². The minimum Gasteiger partial charge on any atom is -0.489 e. The zero-order valence-corrected chi connectivity index (χ0v) is 15.6. The molecule has 27 heavy (non-hydrogen) atoms. The Morgan fingerprint density at radius 1 is 1.00 bits per heavy atom. The first kappa shape index (κ1) is 18.7. The molecule has 136 valence electrons. The standard InChI is InChI=1S/C22H19ClN2O2/c1-16-2-12-21(13-3-16)27-15-18-4-8-19(9-5-18)22(26)25-24-14-17-6-10-20(23)11-7-17/h2-14H,15H2,1H3,(H,25,26)/b24-14+. The van der Waals surface area contributed by atoms with Crippen molar-refractivity contribution in [1.82, 2.24) is 5.43 Å². The lowest BCUT2D eigenvalue weighted by molar-refractivity contribution is 0.0955. The quantitative estimate of drug-likeness (QED) is 0.485. The van der Waals surface area contributed by atoms with E-state index in [1.54, 1.807) is 30.5 Å². The van der Waals surface area contributed by atoms with Crippen molar-refractivity contribution in [2.24, 2.45) is 5.10 Å². The highest BCUT2D eigenvalue weighted by atomic mass is 35.5. The van der Waals surface area contributed by atoms with Crippen LogP contribution < -0.4 is 10.2 Å². The molecule has 1 amide bonds. The molecular weight excluding hydrogens is 360 g/mol. The molecule has 0 radical (unpaired) electrons. The number of ether oxygens (including phenoxy) is 1. The average molecular weight is 379 g/mol. The molecule has 0 saturated heterocycles. The molecule has 0 saturated carbocycles. The van der Waals surface area contributed by atoms with Crippen LogP contribution in [0.2, 0.25) is 5.02 Å². The van der Waals surface area contributed by atoms with Crippen molar-refractivity contribution < 1.29 is 9.53 Å². The number of rotatable bonds is 6. The topological polar surface area (TPSA) is 50.7 Å². The number of hydrogen-bond acceptors (Lipinski definition) is 3. The summed E-state index contributed by atoms with van der Waals surface area (Å²) >= 11 is 5.83. The van der Waals surface area contributed by atoms with Gasteiger partial charge in [0, 0.05) is 10.6 Å². The van der Waals surface area contributed by atoms with Gasteiger partial charge < -0.3 is 4.74 Å². The van der Waals surface area contributed by atoms with Crippen LogP contribution in [0, 0.1) is 6.92 Å². The number of carbonyl (C=O) groups is 1. The average Bonchev–Trinajstić information content (AvgIpc) is 2.69. The summed E-state index contributed by atoms with van der Waals surface area (Å²) in [5.41, 5.74) is 6.07. The smallest absolute Gasteiger partial charge is 0.271 e. The number of benzene rings is 3. The molecule has 3 aromatic carbocycles. The Morgan fingerprint density at radius 3 is 2.33 bits per heavy atom. The SMILES string of the molecule is Cc1ccc(OCc2ccc(C(=O)N/N=C/c3ccc(Cl)cc3)cc2)cc1. The zero-order valence-electron chi connectivity index (χ0n) is 14.9. The second kappa shape index (κ2) is 9.01. The number of hydrazone groups is 1. The first-order chi connectivity index (χ1) is 13.1. The van der Waals surface area contributed by atoms with Crippen LogP contribution in [-0.2, 0) is 6.61 Å². The van der Waals surface area contributed by atoms with Crippen molar-refractivity contribution in [3.8, 4) is 5.75 Å². The molecule has 0 bridgehead atoms. The normalized spacial score (nSPS) is 10.7. The number of nitrogens with zero attached hydrogens (tertiary/aromatic N) is 1. The van der Waals surface area contributed by atoms with Gasteiger partial charge in [0.2, 0.25) is 0 Å². The molecule has 3 rings (SSSR count). The lowest BCUT2D eigenvalue weighted by atomic mass is 10.1. The molecule has 0 fully saturated rings. The number of carbonyl (C=O) groups excluding carboxylic acids is 1. The highest BCUT2D eigenvalue weighted by Crippen LogP contribution is 2.14. The summed E-state index contributed by atoms with van der Waals surface area (Å²) < 4.78 is 5.74. The number of hydrogen-bond donors (Lipinski definition) is 1. The molecule has 0 atom stereocenters. The maximum absolute atomic E-state index is 12.1. The second-order valence-corrected chi connectivity index (χ2v) is 6.49. The van der Waals surface area contributed by atoms with E-state index in [0.29, 0.717) is 17.2 Å². The van der Waals surface area contributed by atoms with Crippen LogP contribution in [-0.4, -0.2) is 12.1 Å². The molecule has 5 heteroatoms. The van der Waals surface area contributed by atoms with Crippen LogP contribution in [0.25, 0.3) is 0 Å². The van der Waals surface area contributed by atoms with Gasteiger partial charge in [-0.1, -0.05) is 53.6 Å². The molecule has 0 aliphatic heterocycles. The summed E-state index contributed by atoms with van der Waals surface area (Å²) in [4.78, 5) is 12.1. The fraction of sp³-hybridized carbons (Fsp3) is 0.0909. The van der Waals surface area contributed by atoms with E-state index in [9.17, 15) is 4.79 Å². The lowest BCUT2D eigenvalue weighted by Gasteiger charge is -2.07. The van der Waals surface area contributed by atoms with Crippen LogP contribution in [0.1, 0.15) is 27.0 Å². The minimum atomic E-state index is -0.272. The van der Waals surface area contributed by atoms with Gasteiger partial charge in [0.25, 0.3) is 5.91 Å². The highest BCUT2D eigenvalue weighted by Gasteiger charge is 2.04. The molecular formula is C22H19ClN2O2. The van der Waals surface area contributed by atoms with E-state index < -0.39 is 0 Å². The molecule has 3 aromatic rings. The van der Waals surface area contributed by atoms with E-state index in [2.05, 4.69) is 10.5 Å². The monoisotopic (exact) mass is 378 g/mol. The van der Waals surface area contributed by atoms with E-state index in [0.717, 1.165) is 16.9 Å². The van der Waals surface area contributed by atoms with E-state index in [4.69, 9.17) is 16.3 Å². The summed E-state index contributed by atoms with van der Waals surface area (Å²) in [7, 11) is 0. The second-order valence-electron chi connectivity index (χ2n) is 6.05. The summed E-state index contributed by atoms with van der Waals surface area (Å²) in [6, 6.07) is 22.3. The number of amides is 1. The zero-order chi connectivity index (χ0) is 19.1. The Labute approximate surface area is 163 Å². The minimum absolute atomic E-state index is 0.272. The van der Waals surface area contributed by atoms with Gasteiger partial charge in [0.05, 0.1) is 6.21 Å². The third-order valence-corrected chi connectivity index (χ3v) is 4.14. The predicted molar refractivity (Wildman–Crippen MR) is 108 cm³/mol. The van der Waals surface area contributed by atoms with Gasteiger partial charge >= 0.3 is 0 Å². The van der Waals surface area contributed by atoms with Crippen LogP contribution in [0.15, 0.2) is 77.9 Å². The van der Waals surface area contributed by atoms with E-state index >= 15 is 0 Å². The van der Waals surface area contributed by atoms with Crippen LogP contribution in [0.3, 0.4) is 0 Å². The van der Waals surface area contributed by atoms with Crippen molar-refractivity contribution in [3.63, 3.8) is 0 Å². The van der Waals surface area contributed by atoms with E-state index in [-0.39, 0.29) is 5.91 Å². The predicted octanol–water partition coefficient (Wildman–Crippen LogP) is 4.99. The number of nitrogens with one attached hydrogen (secondary N) is 1. The Balaban J connectivity index is 1.52. The highest BCUT2D eigenvalue weighted by molar-refractivity contribution is 6.30. The summed E-state index contributed by atoms with van der Waals surface area (Å²) in [5, 5.41) is 4.62. The van der Waals surface area contributed by atoms with Crippen molar-refractivity contribution >= 4 is 23.7 Å². The Kier molecular flexibility index (Phi) is 6.23. The van der Waals surface area contributed by atoms with Gasteiger partial charge in [-0.05, 0) is 54.4 Å². The summed E-state index contributed by atoms with van der Waals surface area (Å²) in [6.45, 7) is 2.48. The third-order valence-electron chi connectivity index (χ3n) is 3.89. The van der Waals surface area contributed by atoms with Gasteiger partial charge in [-0.2, -0.15) is 5.10 Å². The van der Waals surface area contributed by atoms with Gasteiger partial charge in [0.15, 0.2) is 0 Å². The lowest BCUT2D eigenvalue weighted by Crippen LogP contribution is -2.17. The van der Waals surface area contributed by atoms with Crippen LogP contribution in [0.4, 0.5) is 0 Å². The first-order valence-electron chi connectivity index (χ1n) is 8.47. The molecule has 0 heterocycles. The molecule has 0 aromatic heterocycles.